The summed E-state index contributed by atoms with van der Waals surface area (Å²) >= 11 is 0. The second kappa shape index (κ2) is 7.21. The van der Waals surface area contributed by atoms with Gasteiger partial charge in [0.2, 0.25) is 0 Å². The van der Waals surface area contributed by atoms with E-state index in [1.165, 1.54) is 19.3 Å². The Kier molecular flexibility index (Phi) is 6.15. The van der Waals surface area contributed by atoms with E-state index in [0.29, 0.717) is 18.7 Å². The molecule has 1 fully saturated rings. The van der Waals surface area contributed by atoms with Crippen LogP contribution < -0.4 is 10.6 Å². The fourth-order valence-corrected chi connectivity index (χ4v) is 2.08. The number of hydrogen-bond acceptors (Lipinski definition) is 3. The van der Waals surface area contributed by atoms with Crippen molar-refractivity contribution in [2.24, 2.45) is 0 Å². The van der Waals surface area contributed by atoms with Gasteiger partial charge in [0, 0.05) is 18.7 Å². The third-order valence-electron chi connectivity index (χ3n) is 3.02. The highest BCUT2D eigenvalue weighted by Crippen LogP contribution is 2.08. The molecule has 0 aromatic carbocycles. The van der Waals surface area contributed by atoms with Crippen LogP contribution in [-0.2, 0) is 0 Å². The number of hydrogen-bond donors (Lipinski definition) is 3. The minimum Gasteiger partial charge on any atom is -0.396 e. The molecule has 1 saturated heterocycles. The SMILES string of the molecule is CCC(CCO)NC1CCCNCC1. The van der Waals surface area contributed by atoms with E-state index in [0.717, 1.165) is 25.9 Å². The molecule has 1 heterocycles. The molecule has 0 aromatic rings. The first kappa shape index (κ1) is 12.0. The number of aliphatic hydroxyl groups excluding tert-OH is 1. The zero-order valence-corrected chi connectivity index (χ0v) is 9.26. The van der Waals surface area contributed by atoms with E-state index >= 15 is 0 Å². The highest BCUT2D eigenvalue weighted by molar-refractivity contribution is 4.76. The van der Waals surface area contributed by atoms with E-state index in [2.05, 4.69) is 17.6 Å². The summed E-state index contributed by atoms with van der Waals surface area (Å²) in [5.74, 6) is 0. The van der Waals surface area contributed by atoms with E-state index in [1.54, 1.807) is 0 Å². The Labute approximate surface area is 87.3 Å². The molecular formula is C11H24N2O. The van der Waals surface area contributed by atoms with Gasteiger partial charge in [-0.2, -0.15) is 0 Å². The second-order valence-electron chi connectivity index (χ2n) is 4.16. The second-order valence-corrected chi connectivity index (χ2v) is 4.16. The van der Waals surface area contributed by atoms with Crippen LogP contribution >= 0.6 is 0 Å². The van der Waals surface area contributed by atoms with Crippen molar-refractivity contribution >= 4 is 0 Å². The van der Waals surface area contributed by atoms with Gasteiger partial charge in [-0.15, -0.1) is 0 Å². The molecule has 1 aliphatic rings. The van der Waals surface area contributed by atoms with Crippen LogP contribution in [-0.4, -0.2) is 36.9 Å². The average molecular weight is 200 g/mol. The smallest absolute Gasteiger partial charge is 0.0445 e. The fraction of sp³-hybridized carbons (Fsp3) is 1.00. The summed E-state index contributed by atoms with van der Waals surface area (Å²) in [5.41, 5.74) is 0. The van der Waals surface area contributed by atoms with Crippen molar-refractivity contribution in [3.8, 4) is 0 Å². The summed E-state index contributed by atoms with van der Waals surface area (Å²) in [6.45, 7) is 4.78. The van der Waals surface area contributed by atoms with Crippen molar-refractivity contribution in [2.45, 2.75) is 51.1 Å². The molecule has 2 unspecified atom stereocenters. The molecule has 1 rings (SSSR count). The molecule has 0 spiro atoms. The van der Waals surface area contributed by atoms with Crippen molar-refractivity contribution in [3.63, 3.8) is 0 Å². The lowest BCUT2D eigenvalue weighted by Crippen LogP contribution is -2.39. The van der Waals surface area contributed by atoms with Crippen molar-refractivity contribution in [3.05, 3.63) is 0 Å². The van der Waals surface area contributed by atoms with Crippen molar-refractivity contribution < 1.29 is 5.11 Å². The van der Waals surface area contributed by atoms with E-state index in [9.17, 15) is 0 Å². The molecule has 0 aromatic heterocycles. The summed E-state index contributed by atoms with van der Waals surface area (Å²) in [7, 11) is 0. The number of rotatable bonds is 5. The van der Waals surface area contributed by atoms with E-state index in [1.807, 2.05) is 0 Å². The first-order chi connectivity index (χ1) is 6.86. The third-order valence-corrected chi connectivity index (χ3v) is 3.02. The van der Waals surface area contributed by atoms with Crippen molar-refractivity contribution in [2.75, 3.05) is 19.7 Å². The lowest BCUT2D eigenvalue weighted by Gasteiger charge is -2.23. The first-order valence-corrected chi connectivity index (χ1v) is 5.94. The van der Waals surface area contributed by atoms with Gasteiger partial charge >= 0.3 is 0 Å². The number of aliphatic hydroxyl groups is 1. The Balaban J connectivity index is 2.24. The molecule has 1 aliphatic heterocycles. The van der Waals surface area contributed by atoms with Crippen molar-refractivity contribution in [1.82, 2.24) is 10.6 Å². The third kappa shape index (κ3) is 4.40. The molecular weight excluding hydrogens is 176 g/mol. The Hall–Kier alpha value is -0.120. The average Bonchev–Trinajstić information content (AvgIpc) is 2.45. The maximum atomic E-state index is 8.90. The lowest BCUT2D eigenvalue weighted by molar-refractivity contribution is 0.252. The topological polar surface area (TPSA) is 44.3 Å². The zero-order valence-electron chi connectivity index (χ0n) is 9.26. The summed E-state index contributed by atoms with van der Waals surface area (Å²) in [4.78, 5) is 0. The molecule has 2 atom stereocenters. The number of nitrogens with one attached hydrogen (secondary N) is 2. The van der Waals surface area contributed by atoms with Gasteiger partial charge in [0.25, 0.3) is 0 Å². The van der Waals surface area contributed by atoms with Crippen LogP contribution in [0.2, 0.25) is 0 Å². The van der Waals surface area contributed by atoms with Crippen LogP contribution in [0, 0.1) is 0 Å². The summed E-state index contributed by atoms with van der Waals surface area (Å²) in [6, 6.07) is 1.16. The molecule has 84 valence electrons. The quantitative estimate of drug-likeness (QED) is 0.617. The maximum Gasteiger partial charge on any atom is 0.0445 e. The van der Waals surface area contributed by atoms with Gasteiger partial charge in [-0.25, -0.2) is 0 Å². The Bertz CT molecular complexity index is 133. The minimum atomic E-state index is 0.302. The van der Waals surface area contributed by atoms with Gasteiger partial charge in [-0.05, 0) is 45.2 Å². The standard InChI is InChI=1S/C11H24N2O/c1-2-10(6-9-14)13-11-4-3-7-12-8-5-11/h10-14H,2-9H2,1H3. The molecule has 0 radical (unpaired) electrons. The lowest BCUT2D eigenvalue weighted by atomic mass is 10.1. The Morgan fingerprint density at radius 1 is 1.43 bits per heavy atom. The van der Waals surface area contributed by atoms with Gasteiger partial charge < -0.3 is 15.7 Å². The molecule has 14 heavy (non-hydrogen) atoms. The van der Waals surface area contributed by atoms with Gasteiger partial charge in [-0.3, -0.25) is 0 Å². The zero-order chi connectivity index (χ0) is 10.2. The molecule has 3 nitrogen and oxygen atoms in total. The summed E-state index contributed by atoms with van der Waals surface area (Å²) in [6.07, 6.45) is 5.77. The molecule has 3 heteroatoms. The normalized spacial score (nSPS) is 25.7. The fourth-order valence-electron chi connectivity index (χ4n) is 2.08. The molecule has 0 amide bonds. The molecule has 0 saturated carbocycles. The predicted octanol–water partition coefficient (Wildman–Crippen LogP) is 0.879. The van der Waals surface area contributed by atoms with Crippen LogP contribution in [0.5, 0.6) is 0 Å². The minimum absolute atomic E-state index is 0.302. The van der Waals surface area contributed by atoms with Crippen LogP contribution in [0.4, 0.5) is 0 Å². The van der Waals surface area contributed by atoms with Gasteiger partial charge in [0.15, 0.2) is 0 Å². The highest BCUT2D eigenvalue weighted by Gasteiger charge is 2.15. The Morgan fingerprint density at radius 2 is 2.29 bits per heavy atom. The Morgan fingerprint density at radius 3 is 3.00 bits per heavy atom. The van der Waals surface area contributed by atoms with Crippen LogP contribution in [0.3, 0.4) is 0 Å². The molecule has 0 aliphatic carbocycles. The largest absolute Gasteiger partial charge is 0.396 e. The van der Waals surface area contributed by atoms with Gasteiger partial charge in [0.05, 0.1) is 0 Å². The summed E-state index contributed by atoms with van der Waals surface area (Å²) in [5, 5.41) is 16.0. The van der Waals surface area contributed by atoms with E-state index in [-0.39, 0.29) is 0 Å². The summed E-state index contributed by atoms with van der Waals surface area (Å²) < 4.78 is 0. The van der Waals surface area contributed by atoms with Crippen molar-refractivity contribution in [1.29, 1.82) is 0 Å². The van der Waals surface area contributed by atoms with Crippen LogP contribution in [0.1, 0.15) is 39.0 Å². The van der Waals surface area contributed by atoms with Crippen LogP contribution in [0.15, 0.2) is 0 Å². The van der Waals surface area contributed by atoms with E-state index in [4.69, 9.17) is 5.11 Å². The highest BCUT2D eigenvalue weighted by atomic mass is 16.3. The first-order valence-electron chi connectivity index (χ1n) is 5.94. The predicted molar refractivity (Wildman–Crippen MR) is 59.4 cm³/mol. The van der Waals surface area contributed by atoms with Crippen LogP contribution in [0.25, 0.3) is 0 Å². The molecule has 0 bridgehead atoms. The monoisotopic (exact) mass is 200 g/mol. The molecule has 3 N–H and O–H groups in total. The maximum absolute atomic E-state index is 8.90. The van der Waals surface area contributed by atoms with Gasteiger partial charge in [0.1, 0.15) is 0 Å². The van der Waals surface area contributed by atoms with Gasteiger partial charge in [-0.1, -0.05) is 6.92 Å². The van der Waals surface area contributed by atoms with E-state index < -0.39 is 0 Å².